The molecule has 2 aromatic rings. The molecule has 1 heterocycles. The molecule has 3 nitrogen and oxygen atoms in total. The van der Waals surface area contributed by atoms with E-state index < -0.39 is 0 Å². The summed E-state index contributed by atoms with van der Waals surface area (Å²) in [6, 6.07) is 8.14. The predicted octanol–water partition coefficient (Wildman–Crippen LogP) is 3.48. The van der Waals surface area contributed by atoms with Gasteiger partial charge < -0.3 is 10.1 Å². The maximum atomic E-state index is 5.40. The Morgan fingerprint density at radius 1 is 1.33 bits per heavy atom. The molecule has 0 spiro atoms. The summed E-state index contributed by atoms with van der Waals surface area (Å²) in [5.74, 6) is 1.42. The Hall–Kier alpha value is -1.77. The summed E-state index contributed by atoms with van der Waals surface area (Å²) in [5.41, 5.74) is 3.14. The van der Waals surface area contributed by atoms with Crippen molar-refractivity contribution < 1.29 is 4.74 Å². The lowest BCUT2D eigenvalue weighted by molar-refractivity contribution is 0.418. The van der Waals surface area contributed by atoms with Crippen LogP contribution in [0.1, 0.15) is 19.5 Å². The first-order chi connectivity index (χ1) is 8.65. The third-order valence-corrected chi connectivity index (χ3v) is 2.96. The Bertz CT molecular complexity index is 549. The van der Waals surface area contributed by atoms with Crippen LogP contribution in [-0.4, -0.2) is 19.1 Å². The highest BCUT2D eigenvalue weighted by Crippen LogP contribution is 2.30. The van der Waals surface area contributed by atoms with Gasteiger partial charge >= 0.3 is 0 Å². The van der Waals surface area contributed by atoms with E-state index in [2.05, 4.69) is 31.3 Å². The van der Waals surface area contributed by atoms with E-state index in [-0.39, 0.29) is 0 Å². The Morgan fingerprint density at radius 2 is 2.11 bits per heavy atom. The monoisotopic (exact) mass is 244 g/mol. The number of pyridine rings is 1. The van der Waals surface area contributed by atoms with Gasteiger partial charge in [-0.2, -0.15) is 0 Å². The number of aromatic nitrogens is 1. The lowest BCUT2D eigenvalue weighted by Gasteiger charge is -2.12. The van der Waals surface area contributed by atoms with E-state index in [1.54, 1.807) is 7.11 Å². The largest absolute Gasteiger partial charge is 0.494 e. The number of benzene rings is 1. The summed E-state index contributed by atoms with van der Waals surface area (Å²) in [7, 11) is 3.62. The Labute approximate surface area is 108 Å². The maximum absolute atomic E-state index is 5.40. The van der Waals surface area contributed by atoms with Gasteiger partial charge in [-0.1, -0.05) is 26.0 Å². The molecule has 0 saturated heterocycles. The van der Waals surface area contributed by atoms with Gasteiger partial charge in [-0.3, -0.25) is 0 Å². The Morgan fingerprint density at radius 3 is 2.72 bits per heavy atom. The zero-order valence-corrected chi connectivity index (χ0v) is 11.4. The molecule has 0 atom stereocenters. The molecule has 2 rings (SSSR count). The van der Waals surface area contributed by atoms with E-state index in [0.717, 1.165) is 34.5 Å². The fourth-order valence-corrected chi connectivity index (χ4v) is 2.17. The normalized spacial score (nSPS) is 10.9. The van der Waals surface area contributed by atoms with Crippen molar-refractivity contribution >= 4 is 16.6 Å². The molecule has 3 heteroatoms. The second-order valence-corrected chi connectivity index (χ2v) is 4.87. The Kier molecular flexibility index (Phi) is 3.70. The van der Waals surface area contributed by atoms with E-state index in [4.69, 9.17) is 9.72 Å². The first kappa shape index (κ1) is 12.7. The molecular weight excluding hydrogens is 224 g/mol. The van der Waals surface area contributed by atoms with Crippen LogP contribution in [0.3, 0.4) is 0 Å². The summed E-state index contributed by atoms with van der Waals surface area (Å²) in [5, 5.41) is 4.34. The van der Waals surface area contributed by atoms with Crippen LogP contribution in [0.25, 0.3) is 10.9 Å². The minimum Gasteiger partial charge on any atom is -0.494 e. The number of fused-ring (bicyclic) bond motifs is 1. The van der Waals surface area contributed by atoms with Crippen molar-refractivity contribution in [3.63, 3.8) is 0 Å². The van der Waals surface area contributed by atoms with Crippen molar-refractivity contribution in [2.45, 2.75) is 20.3 Å². The van der Waals surface area contributed by atoms with E-state index in [9.17, 15) is 0 Å². The number of para-hydroxylation sites is 1. The lowest BCUT2D eigenvalue weighted by atomic mass is 10.1. The summed E-state index contributed by atoms with van der Waals surface area (Å²) < 4.78 is 5.40. The number of anilines is 1. The molecule has 0 amide bonds. The molecule has 0 aliphatic rings. The van der Waals surface area contributed by atoms with E-state index in [1.165, 1.54) is 0 Å². The van der Waals surface area contributed by atoms with Gasteiger partial charge in [-0.05, 0) is 24.5 Å². The van der Waals surface area contributed by atoms with Crippen LogP contribution in [0.4, 0.5) is 5.69 Å². The van der Waals surface area contributed by atoms with Crippen molar-refractivity contribution in [3.05, 3.63) is 30.0 Å². The van der Waals surface area contributed by atoms with Gasteiger partial charge in [-0.15, -0.1) is 0 Å². The van der Waals surface area contributed by atoms with Crippen molar-refractivity contribution in [2.75, 3.05) is 19.5 Å². The van der Waals surface area contributed by atoms with Crippen LogP contribution in [0, 0.1) is 5.92 Å². The number of nitrogens with zero attached hydrogens (tertiary/aromatic N) is 1. The standard InChI is InChI=1S/C15H20N2O/c1-10(2)8-11-9-13(16-3)12-6-5-7-14(18-4)15(12)17-11/h5-7,9-10H,8H2,1-4H3,(H,16,17). The highest BCUT2D eigenvalue weighted by atomic mass is 16.5. The van der Waals surface area contributed by atoms with Gasteiger partial charge in [0.2, 0.25) is 0 Å². The van der Waals surface area contributed by atoms with Crippen LogP contribution in [0.2, 0.25) is 0 Å². The maximum Gasteiger partial charge on any atom is 0.145 e. The molecule has 0 aliphatic heterocycles. The molecular formula is C15H20N2O. The number of ether oxygens (including phenoxy) is 1. The number of rotatable bonds is 4. The molecule has 18 heavy (non-hydrogen) atoms. The minimum absolute atomic E-state index is 0.592. The molecule has 0 bridgehead atoms. The minimum atomic E-state index is 0.592. The molecule has 0 fully saturated rings. The van der Waals surface area contributed by atoms with Gasteiger partial charge in [0, 0.05) is 23.8 Å². The molecule has 1 aromatic heterocycles. The highest BCUT2D eigenvalue weighted by Gasteiger charge is 2.09. The van der Waals surface area contributed by atoms with Crippen molar-refractivity contribution in [1.82, 2.24) is 4.98 Å². The van der Waals surface area contributed by atoms with E-state index in [1.807, 2.05) is 19.2 Å². The summed E-state index contributed by atoms with van der Waals surface area (Å²) >= 11 is 0. The molecule has 1 aromatic carbocycles. The SMILES string of the molecule is CNc1cc(CC(C)C)nc2c(OC)cccc12. The van der Waals surface area contributed by atoms with Crippen molar-refractivity contribution in [1.29, 1.82) is 0 Å². The van der Waals surface area contributed by atoms with Crippen molar-refractivity contribution in [2.24, 2.45) is 5.92 Å². The zero-order chi connectivity index (χ0) is 13.1. The summed E-state index contributed by atoms with van der Waals surface area (Å²) in [6.45, 7) is 4.40. The van der Waals surface area contributed by atoms with Gasteiger partial charge in [0.15, 0.2) is 0 Å². The molecule has 0 saturated carbocycles. The van der Waals surface area contributed by atoms with Crippen LogP contribution in [0.15, 0.2) is 24.3 Å². The fraction of sp³-hybridized carbons (Fsp3) is 0.400. The lowest BCUT2D eigenvalue weighted by Crippen LogP contribution is -2.01. The first-order valence-corrected chi connectivity index (χ1v) is 6.30. The average molecular weight is 244 g/mol. The molecule has 96 valence electrons. The van der Waals surface area contributed by atoms with Crippen LogP contribution in [0.5, 0.6) is 5.75 Å². The van der Waals surface area contributed by atoms with Crippen LogP contribution in [-0.2, 0) is 6.42 Å². The van der Waals surface area contributed by atoms with Crippen molar-refractivity contribution in [3.8, 4) is 5.75 Å². The van der Waals surface area contributed by atoms with E-state index >= 15 is 0 Å². The predicted molar refractivity (Wildman–Crippen MR) is 76.4 cm³/mol. The molecule has 0 aliphatic carbocycles. The topological polar surface area (TPSA) is 34.2 Å². The first-order valence-electron chi connectivity index (χ1n) is 6.30. The van der Waals surface area contributed by atoms with Gasteiger partial charge in [0.25, 0.3) is 0 Å². The smallest absolute Gasteiger partial charge is 0.145 e. The van der Waals surface area contributed by atoms with Crippen LogP contribution >= 0.6 is 0 Å². The zero-order valence-electron chi connectivity index (χ0n) is 11.4. The van der Waals surface area contributed by atoms with Crippen LogP contribution < -0.4 is 10.1 Å². The molecule has 0 unspecified atom stereocenters. The third-order valence-electron chi connectivity index (χ3n) is 2.96. The van der Waals surface area contributed by atoms with Gasteiger partial charge in [0.1, 0.15) is 11.3 Å². The quantitative estimate of drug-likeness (QED) is 0.894. The summed E-state index contributed by atoms with van der Waals surface area (Å²) in [4.78, 5) is 4.73. The van der Waals surface area contributed by atoms with E-state index in [0.29, 0.717) is 5.92 Å². The number of nitrogens with one attached hydrogen (secondary N) is 1. The number of hydrogen-bond acceptors (Lipinski definition) is 3. The average Bonchev–Trinajstić information content (AvgIpc) is 2.36. The molecule has 1 N–H and O–H groups in total. The second kappa shape index (κ2) is 5.25. The second-order valence-electron chi connectivity index (χ2n) is 4.87. The Balaban J connectivity index is 2.64. The third kappa shape index (κ3) is 2.40. The van der Waals surface area contributed by atoms with Gasteiger partial charge in [-0.25, -0.2) is 4.98 Å². The number of hydrogen-bond donors (Lipinski definition) is 1. The number of methoxy groups -OCH3 is 1. The fourth-order valence-electron chi connectivity index (χ4n) is 2.17. The summed E-state index contributed by atoms with van der Waals surface area (Å²) in [6.07, 6.45) is 0.975. The highest BCUT2D eigenvalue weighted by molar-refractivity contribution is 5.95. The molecule has 0 radical (unpaired) electrons. The van der Waals surface area contributed by atoms with Gasteiger partial charge in [0.05, 0.1) is 7.11 Å².